The molecule has 0 amide bonds. The fraction of sp³-hybridized carbons (Fsp3) is 0.478. The maximum Gasteiger partial charge on any atom is 0.160 e. The molecule has 1 rings (SSSR count). The number of allylic oxidation sites excluding steroid dienone is 7. The highest BCUT2D eigenvalue weighted by molar-refractivity contribution is 5.30. The van der Waals surface area contributed by atoms with Gasteiger partial charge in [0.25, 0.3) is 0 Å². The summed E-state index contributed by atoms with van der Waals surface area (Å²) < 4.78 is 5.14. The first-order valence-corrected chi connectivity index (χ1v) is 9.90. The second-order valence-electron chi connectivity index (χ2n) is 6.45. The number of nitrogens with zero attached hydrogens (tertiary/aromatic N) is 1. The van der Waals surface area contributed by atoms with Gasteiger partial charge in [0, 0.05) is 32.1 Å². The van der Waals surface area contributed by atoms with Gasteiger partial charge in [0.2, 0.25) is 0 Å². The predicted molar refractivity (Wildman–Crippen MR) is 116 cm³/mol. The molecule has 1 aliphatic rings. The Balaban J connectivity index is 2.37. The van der Waals surface area contributed by atoms with Gasteiger partial charge in [-0.25, -0.2) is 0 Å². The fourth-order valence-electron chi connectivity index (χ4n) is 2.85. The smallest absolute Gasteiger partial charge is 0.160 e. The highest BCUT2D eigenvalue weighted by Crippen LogP contribution is 2.15. The zero-order chi connectivity index (χ0) is 19.9. The van der Waals surface area contributed by atoms with Gasteiger partial charge in [-0.3, -0.25) is 4.90 Å². The molecule has 0 aromatic heterocycles. The van der Waals surface area contributed by atoms with Gasteiger partial charge in [-0.2, -0.15) is 0 Å². The van der Waals surface area contributed by atoms with Gasteiger partial charge in [0.15, 0.2) is 11.5 Å². The molecule has 0 spiro atoms. The lowest BCUT2D eigenvalue weighted by atomic mass is 10.1. The van der Waals surface area contributed by atoms with Crippen molar-refractivity contribution < 1.29 is 9.84 Å². The van der Waals surface area contributed by atoms with E-state index in [0.29, 0.717) is 5.76 Å². The molecule has 0 radical (unpaired) electrons. The average Bonchev–Trinajstić information content (AvgIpc) is 2.84. The Morgan fingerprint density at radius 2 is 2.15 bits per heavy atom. The van der Waals surface area contributed by atoms with E-state index in [1.165, 1.54) is 5.57 Å². The van der Waals surface area contributed by atoms with Crippen molar-refractivity contribution in [2.75, 3.05) is 39.8 Å². The molecule has 1 unspecified atom stereocenters. The zero-order valence-corrected chi connectivity index (χ0v) is 17.3. The van der Waals surface area contributed by atoms with Gasteiger partial charge in [0.05, 0.1) is 7.11 Å². The number of likely N-dealkylation sites (N-methyl/N-ethyl adjacent to an activating group) is 1. The summed E-state index contributed by atoms with van der Waals surface area (Å²) in [6.07, 6.45) is 19.5. The van der Waals surface area contributed by atoms with E-state index >= 15 is 0 Å². The standard InChI is InChI=1S/C23H36N2O2/c1-5-10-20(11-6-2)13-9-16-25(7-3)17-15-24-19-21-12-8-14-23(27-4)22(26)18-21/h5,8-14,18,21,24,26H,6-7,15-17,19H2,1-4H3/b10-5-,13-9+,20-11+. The Morgan fingerprint density at radius 1 is 1.33 bits per heavy atom. The third-order valence-corrected chi connectivity index (χ3v) is 4.36. The van der Waals surface area contributed by atoms with Crippen molar-refractivity contribution in [3.8, 4) is 0 Å². The van der Waals surface area contributed by atoms with E-state index in [9.17, 15) is 5.11 Å². The second-order valence-corrected chi connectivity index (χ2v) is 6.45. The minimum absolute atomic E-state index is 0.159. The largest absolute Gasteiger partial charge is 0.504 e. The quantitative estimate of drug-likeness (QED) is 0.390. The minimum atomic E-state index is 0.159. The van der Waals surface area contributed by atoms with Gasteiger partial charge in [-0.05, 0) is 37.6 Å². The lowest BCUT2D eigenvalue weighted by Gasteiger charge is -2.19. The molecule has 0 aromatic carbocycles. The van der Waals surface area contributed by atoms with Crippen LogP contribution in [0.4, 0.5) is 0 Å². The number of methoxy groups -OCH3 is 1. The second kappa shape index (κ2) is 14.1. The van der Waals surface area contributed by atoms with Crippen LogP contribution < -0.4 is 5.32 Å². The lowest BCUT2D eigenvalue weighted by Crippen LogP contribution is -2.33. The molecule has 1 aliphatic carbocycles. The number of hydrogen-bond donors (Lipinski definition) is 2. The SMILES string of the molecule is C\C=C/C(/C=C/CN(CC)CCNCC1C=CC=C(OC)C(O)=C1)=C\CC. The predicted octanol–water partition coefficient (Wildman–Crippen LogP) is 4.52. The van der Waals surface area contributed by atoms with Gasteiger partial charge in [-0.15, -0.1) is 0 Å². The molecule has 4 heteroatoms. The zero-order valence-electron chi connectivity index (χ0n) is 17.3. The Labute approximate surface area is 165 Å². The van der Waals surface area contributed by atoms with Crippen LogP contribution in [0.2, 0.25) is 0 Å². The number of nitrogens with one attached hydrogen (secondary N) is 1. The molecule has 150 valence electrons. The van der Waals surface area contributed by atoms with Crippen LogP contribution in [0.3, 0.4) is 0 Å². The Hall–Kier alpha value is -2.04. The average molecular weight is 373 g/mol. The molecule has 27 heavy (non-hydrogen) atoms. The van der Waals surface area contributed by atoms with Crippen LogP contribution in [0.15, 0.2) is 71.8 Å². The van der Waals surface area contributed by atoms with Crippen molar-refractivity contribution in [1.29, 1.82) is 0 Å². The van der Waals surface area contributed by atoms with E-state index in [-0.39, 0.29) is 11.7 Å². The summed E-state index contributed by atoms with van der Waals surface area (Å²) in [5.41, 5.74) is 1.27. The molecule has 2 N–H and O–H groups in total. The van der Waals surface area contributed by atoms with Crippen molar-refractivity contribution in [3.05, 3.63) is 71.8 Å². The Bertz CT molecular complexity index is 597. The van der Waals surface area contributed by atoms with Crippen LogP contribution in [-0.4, -0.2) is 49.8 Å². The Morgan fingerprint density at radius 3 is 2.81 bits per heavy atom. The maximum atomic E-state index is 10.00. The Kier molecular flexibility index (Phi) is 12.0. The summed E-state index contributed by atoms with van der Waals surface area (Å²) in [4.78, 5) is 2.41. The summed E-state index contributed by atoms with van der Waals surface area (Å²) in [6.45, 7) is 11.1. The van der Waals surface area contributed by atoms with E-state index in [2.05, 4.69) is 60.5 Å². The normalized spacial score (nSPS) is 18.3. The van der Waals surface area contributed by atoms with Crippen LogP contribution in [0, 0.1) is 5.92 Å². The lowest BCUT2D eigenvalue weighted by molar-refractivity contribution is 0.255. The van der Waals surface area contributed by atoms with Gasteiger partial charge >= 0.3 is 0 Å². The first-order valence-electron chi connectivity index (χ1n) is 9.90. The summed E-state index contributed by atoms with van der Waals surface area (Å²) in [7, 11) is 1.57. The van der Waals surface area contributed by atoms with Crippen LogP contribution >= 0.6 is 0 Å². The summed E-state index contributed by atoms with van der Waals surface area (Å²) >= 11 is 0. The van der Waals surface area contributed by atoms with Crippen molar-refractivity contribution in [1.82, 2.24) is 10.2 Å². The van der Waals surface area contributed by atoms with Crippen molar-refractivity contribution in [2.45, 2.75) is 27.2 Å². The summed E-state index contributed by atoms with van der Waals surface area (Å²) in [5.74, 6) is 0.866. The third kappa shape index (κ3) is 9.45. The van der Waals surface area contributed by atoms with E-state index < -0.39 is 0 Å². The third-order valence-electron chi connectivity index (χ3n) is 4.36. The van der Waals surface area contributed by atoms with Crippen LogP contribution in [0.1, 0.15) is 27.2 Å². The van der Waals surface area contributed by atoms with E-state index in [4.69, 9.17) is 4.74 Å². The molecule has 0 aromatic rings. The molecule has 0 bridgehead atoms. The van der Waals surface area contributed by atoms with Gasteiger partial charge < -0.3 is 15.2 Å². The van der Waals surface area contributed by atoms with E-state index in [1.807, 2.05) is 19.1 Å². The van der Waals surface area contributed by atoms with Gasteiger partial charge in [0.1, 0.15) is 0 Å². The van der Waals surface area contributed by atoms with Crippen molar-refractivity contribution in [2.24, 2.45) is 5.92 Å². The van der Waals surface area contributed by atoms with E-state index in [0.717, 1.165) is 39.1 Å². The molecule has 0 heterocycles. The monoisotopic (exact) mass is 372 g/mol. The highest BCUT2D eigenvalue weighted by Gasteiger charge is 2.10. The molecule has 0 aliphatic heterocycles. The first kappa shape index (κ1) is 23.0. The maximum absolute atomic E-state index is 10.00. The molecule has 0 saturated heterocycles. The molecule has 0 fully saturated rings. The van der Waals surface area contributed by atoms with Crippen LogP contribution in [-0.2, 0) is 4.74 Å². The molecular weight excluding hydrogens is 336 g/mol. The summed E-state index contributed by atoms with van der Waals surface area (Å²) in [5, 5.41) is 13.5. The van der Waals surface area contributed by atoms with Crippen molar-refractivity contribution >= 4 is 0 Å². The number of ether oxygens (including phenoxy) is 1. The van der Waals surface area contributed by atoms with Crippen LogP contribution in [0.25, 0.3) is 0 Å². The minimum Gasteiger partial charge on any atom is -0.504 e. The van der Waals surface area contributed by atoms with Crippen molar-refractivity contribution in [3.63, 3.8) is 0 Å². The molecule has 4 nitrogen and oxygen atoms in total. The number of rotatable bonds is 12. The first-order chi connectivity index (χ1) is 13.1. The highest BCUT2D eigenvalue weighted by atomic mass is 16.5. The molecule has 0 saturated carbocycles. The number of aliphatic hydroxyl groups excluding tert-OH is 1. The fourth-order valence-corrected chi connectivity index (χ4v) is 2.85. The van der Waals surface area contributed by atoms with E-state index in [1.54, 1.807) is 13.2 Å². The van der Waals surface area contributed by atoms with Gasteiger partial charge in [-0.1, -0.05) is 56.4 Å². The van der Waals surface area contributed by atoms with Crippen LogP contribution in [0.5, 0.6) is 0 Å². The summed E-state index contributed by atoms with van der Waals surface area (Å²) in [6, 6.07) is 0. The number of aliphatic hydroxyl groups is 1. The number of hydrogen-bond acceptors (Lipinski definition) is 4. The molecular formula is C23H36N2O2. The topological polar surface area (TPSA) is 44.7 Å². The molecule has 1 atom stereocenters.